The summed E-state index contributed by atoms with van der Waals surface area (Å²) in [5.74, 6) is 0.672. The lowest BCUT2D eigenvalue weighted by Gasteiger charge is -2.11. The monoisotopic (exact) mass is 308 g/mol. The SMILES string of the molecule is O=C(OC1=CC=COC1)c1cccc(OCc2ccccc2)c1. The fourth-order valence-corrected chi connectivity index (χ4v) is 2.08. The van der Waals surface area contributed by atoms with E-state index in [9.17, 15) is 4.79 Å². The number of esters is 1. The van der Waals surface area contributed by atoms with Crippen LogP contribution in [0, 0.1) is 0 Å². The van der Waals surface area contributed by atoms with Gasteiger partial charge < -0.3 is 14.2 Å². The van der Waals surface area contributed by atoms with Gasteiger partial charge in [-0.05, 0) is 35.9 Å². The molecule has 3 rings (SSSR count). The van der Waals surface area contributed by atoms with Crippen molar-refractivity contribution in [3.05, 3.63) is 89.9 Å². The van der Waals surface area contributed by atoms with Crippen LogP contribution >= 0.6 is 0 Å². The number of carbonyl (C=O) groups excluding carboxylic acids is 1. The Morgan fingerprint density at radius 1 is 1.09 bits per heavy atom. The molecule has 23 heavy (non-hydrogen) atoms. The third kappa shape index (κ3) is 4.23. The van der Waals surface area contributed by atoms with Gasteiger partial charge in [-0.1, -0.05) is 36.4 Å². The van der Waals surface area contributed by atoms with Crippen LogP contribution in [0.15, 0.2) is 78.8 Å². The summed E-state index contributed by atoms with van der Waals surface area (Å²) in [5, 5.41) is 0. The van der Waals surface area contributed by atoms with Crippen molar-refractivity contribution in [2.75, 3.05) is 6.61 Å². The molecule has 0 aliphatic carbocycles. The largest absolute Gasteiger partial charge is 0.493 e. The first-order valence-electron chi connectivity index (χ1n) is 7.27. The van der Waals surface area contributed by atoms with Crippen LogP contribution in [0.3, 0.4) is 0 Å². The van der Waals surface area contributed by atoms with Crippen molar-refractivity contribution in [2.24, 2.45) is 0 Å². The molecule has 1 heterocycles. The normalized spacial score (nSPS) is 13.0. The quantitative estimate of drug-likeness (QED) is 0.787. The van der Waals surface area contributed by atoms with Crippen LogP contribution in [0.2, 0.25) is 0 Å². The summed E-state index contributed by atoms with van der Waals surface area (Å²) in [5.41, 5.74) is 1.50. The van der Waals surface area contributed by atoms with Gasteiger partial charge in [0.1, 0.15) is 24.7 Å². The second kappa shape index (κ2) is 7.31. The van der Waals surface area contributed by atoms with Gasteiger partial charge in [-0.15, -0.1) is 0 Å². The molecule has 1 aliphatic rings. The van der Waals surface area contributed by atoms with Crippen molar-refractivity contribution in [3.8, 4) is 5.75 Å². The van der Waals surface area contributed by atoms with Gasteiger partial charge in [-0.25, -0.2) is 4.79 Å². The summed E-state index contributed by atoms with van der Waals surface area (Å²) in [6.07, 6.45) is 4.94. The highest BCUT2D eigenvalue weighted by molar-refractivity contribution is 5.90. The zero-order valence-electron chi connectivity index (χ0n) is 12.5. The Kier molecular flexibility index (Phi) is 4.74. The third-order valence-corrected chi connectivity index (χ3v) is 3.22. The summed E-state index contributed by atoms with van der Waals surface area (Å²) in [6, 6.07) is 16.8. The Bertz CT molecular complexity index is 732. The average Bonchev–Trinajstić information content (AvgIpc) is 2.62. The molecule has 1 aliphatic heterocycles. The van der Waals surface area contributed by atoms with Gasteiger partial charge in [0.25, 0.3) is 0 Å². The van der Waals surface area contributed by atoms with Crippen LogP contribution in [0.25, 0.3) is 0 Å². The molecule has 0 aromatic heterocycles. The Morgan fingerprint density at radius 3 is 2.74 bits per heavy atom. The molecule has 0 unspecified atom stereocenters. The maximum absolute atomic E-state index is 12.1. The van der Waals surface area contributed by atoms with Crippen LogP contribution in [0.5, 0.6) is 5.75 Å². The van der Waals surface area contributed by atoms with E-state index in [0.29, 0.717) is 23.7 Å². The highest BCUT2D eigenvalue weighted by Crippen LogP contribution is 2.17. The Morgan fingerprint density at radius 2 is 1.96 bits per heavy atom. The second-order valence-electron chi connectivity index (χ2n) is 4.96. The molecule has 0 bridgehead atoms. The topological polar surface area (TPSA) is 44.8 Å². The number of benzene rings is 2. The number of hydrogen-bond donors (Lipinski definition) is 0. The van der Waals surface area contributed by atoms with E-state index in [1.165, 1.54) is 0 Å². The number of hydrogen-bond acceptors (Lipinski definition) is 4. The van der Waals surface area contributed by atoms with Crippen LogP contribution in [0.1, 0.15) is 15.9 Å². The average molecular weight is 308 g/mol. The van der Waals surface area contributed by atoms with Gasteiger partial charge in [0.15, 0.2) is 0 Å². The van der Waals surface area contributed by atoms with Crippen LogP contribution in [0.4, 0.5) is 0 Å². The zero-order valence-corrected chi connectivity index (χ0v) is 12.5. The molecule has 4 nitrogen and oxygen atoms in total. The van der Waals surface area contributed by atoms with E-state index in [-0.39, 0.29) is 6.61 Å². The van der Waals surface area contributed by atoms with Crippen molar-refractivity contribution >= 4 is 5.97 Å². The lowest BCUT2D eigenvalue weighted by Crippen LogP contribution is -2.09. The van der Waals surface area contributed by atoms with Crippen LogP contribution < -0.4 is 4.74 Å². The first-order valence-corrected chi connectivity index (χ1v) is 7.27. The van der Waals surface area contributed by atoms with Gasteiger partial charge in [0.05, 0.1) is 11.8 Å². The summed E-state index contributed by atoms with van der Waals surface area (Å²) in [7, 11) is 0. The number of rotatable bonds is 5. The van der Waals surface area contributed by atoms with E-state index in [0.717, 1.165) is 5.56 Å². The van der Waals surface area contributed by atoms with E-state index < -0.39 is 5.97 Å². The smallest absolute Gasteiger partial charge is 0.343 e. The van der Waals surface area contributed by atoms with Gasteiger partial charge >= 0.3 is 5.97 Å². The first kappa shape index (κ1) is 14.9. The van der Waals surface area contributed by atoms with E-state index >= 15 is 0 Å². The molecule has 0 amide bonds. The minimum Gasteiger partial charge on any atom is -0.493 e. The number of ether oxygens (including phenoxy) is 3. The Balaban J connectivity index is 1.63. The minimum absolute atomic E-state index is 0.256. The molecule has 2 aromatic rings. The van der Waals surface area contributed by atoms with Gasteiger partial charge in [0.2, 0.25) is 0 Å². The van der Waals surface area contributed by atoms with Crippen molar-refractivity contribution in [2.45, 2.75) is 6.61 Å². The molecule has 0 spiro atoms. The molecule has 0 saturated heterocycles. The standard InChI is InChI=1S/C19H16O4/c20-19(23-18-10-5-11-21-14-18)16-8-4-9-17(12-16)22-13-15-6-2-1-3-7-15/h1-12H,13-14H2. The lowest BCUT2D eigenvalue weighted by molar-refractivity contribution is 0.0571. The fourth-order valence-electron chi connectivity index (χ4n) is 2.08. The molecular formula is C19H16O4. The van der Waals surface area contributed by atoms with Gasteiger partial charge in [-0.3, -0.25) is 0 Å². The maximum atomic E-state index is 12.1. The molecule has 0 fully saturated rings. The van der Waals surface area contributed by atoms with Crippen LogP contribution in [-0.4, -0.2) is 12.6 Å². The van der Waals surface area contributed by atoms with E-state index in [1.807, 2.05) is 36.4 Å². The minimum atomic E-state index is -0.430. The fraction of sp³-hybridized carbons (Fsp3) is 0.105. The number of allylic oxidation sites excluding steroid dienone is 2. The molecule has 4 heteroatoms. The molecule has 116 valence electrons. The van der Waals surface area contributed by atoms with Crippen molar-refractivity contribution in [1.29, 1.82) is 0 Å². The highest BCUT2D eigenvalue weighted by Gasteiger charge is 2.12. The Hall–Kier alpha value is -3.01. The number of carbonyl (C=O) groups is 1. The van der Waals surface area contributed by atoms with E-state index in [4.69, 9.17) is 14.2 Å². The molecular weight excluding hydrogens is 292 g/mol. The molecule has 2 aromatic carbocycles. The van der Waals surface area contributed by atoms with Crippen LogP contribution in [-0.2, 0) is 16.1 Å². The zero-order chi connectivity index (χ0) is 15.9. The van der Waals surface area contributed by atoms with E-state index in [1.54, 1.807) is 36.6 Å². The predicted molar refractivity (Wildman–Crippen MR) is 85.8 cm³/mol. The Labute approximate surface area is 134 Å². The molecule has 0 radical (unpaired) electrons. The molecule has 0 saturated carbocycles. The lowest BCUT2D eigenvalue weighted by atomic mass is 10.2. The summed E-state index contributed by atoms with van der Waals surface area (Å²) in [6.45, 7) is 0.704. The summed E-state index contributed by atoms with van der Waals surface area (Å²) in [4.78, 5) is 12.1. The second-order valence-corrected chi connectivity index (χ2v) is 4.96. The van der Waals surface area contributed by atoms with Crippen molar-refractivity contribution in [1.82, 2.24) is 0 Å². The summed E-state index contributed by atoms with van der Waals surface area (Å²) >= 11 is 0. The first-order chi connectivity index (χ1) is 11.3. The van der Waals surface area contributed by atoms with E-state index in [2.05, 4.69) is 0 Å². The highest BCUT2D eigenvalue weighted by atomic mass is 16.6. The predicted octanol–water partition coefficient (Wildman–Crippen LogP) is 3.85. The van der Waals surface area contributed by atoms with Crippen molar-refractivity contribution < 1.29 is 19.0 Å². The van der Waals surface area contributed by atoms with Gasteiger partial charge in [-0.2, -0.15) is 0 Å². The molecule has 0 N–H and O–H groups in total. The maximum Gasteiger partial charge on any atom is 0.343 e. The summed E-state index contributed by atoms with van der Waals surface area (Å²) < 4.78 is 16.1. The van der Waals surface area contributed by atoms with Gasteiger partial charge in [0, 0.05) is 0 Å². The molecule has 0 atom stereocenters. The third-order valence-electron chi connectivity index (χ3n) is 3.22. The van der Waals surface area contributed by atoms with Crippen molar-refractivity contribution in [3.63, 3.8) is 0 Å².